The molecule has 8 heteroatoms. The second-order valence-corrected chi connectivity index (χ2v) is 9.24. The van der Waals surface area contributed by atoms with Crippen molar-refractivity contribution in [3.63, 3.8) is 0 Å². The van der Waals surface area contributed by atoms with Crippen LogP contribution in [-0.4, -0.2) is 45.1 Å². The van der Waals surface area contributed by atoms with Gasteiger partial charge in [-0.15, -0.1) is 0 Å². The number of benzene rings is 4. The van der Waals surface area contributed by atoms with E-state index in [0.717, 1.165) is 11.1 Å². The van der Waals surface area contributed by atoms with Crippen LogP contribution in [0.1, 0.15) is 34.1 Å². The van der Waals surface area contributed by atoms with E-state index in [9.17, 15) is 20.4 Å². The Labute approximate surface area is 218 Å². The summed E-state index contributed by atoms with van der Waals surface area (Å²) in [7, 11) is 0. The number of aromatic hydroxyl groups is 4. The SMILES string of the molecule is Oc1ccc(C2COc3cc(O)ccc3/C2=N\N=C2/c3ccc(O)cc3OCC2c2ccc(O)cc2)cc1. The third kappa shape index (κ3) is 4.37. The summed E-state index contributed by atoms with van der Waals surface area (Å²) in [6.07, 6.45) is 0. The molecule has 0 saturated carbocycles. The van der Waals surface area contributed by atoms with Gasteiger partial charge in [-0.3, -0.25) is 0 Å². The van der Waals surface area contributed by atoms with Crippen molar-refractivity contribution in [3.05, 3.63) is 107 Å². The van der Waals surface area contributed by atoms with E-state index < -0.39 is 0 Å². The van der Waals surface area contributed by atoms with Crippen LogP contribution in [0, 0.1) is 0 Å². The van der Waals surface area contributed by atoms with Crippen LogP contribution in [0.15, 0.2) is 95.1 Å². The molecule has 0 fully saturated rings. The molecule has 2 heterocycles. The molecule has 8 nitrogen and oxygen atoms in total. The molecular weight excluding hydrogens is 484 g/mol. The van der Waals surface area contributed by atoms with Crippen LogP contribution in [-0.2, 0) is 0 Å². The van der Waals surface area contributed by atoms with E-state index in [4.69, 9.17) is 19.7 Å². The first-order valence-corrected chi connectivity index (χ1v) is 12.1. The molecule has 4 aromatic carbocycles. The molecular formula is C30H24N2O6. The van der Waals surface area contributed by atoms with E-state index in [1.54, 1.807) is 60.7 Å². The molecule has 0 saturated heterocycles. The van der Waals surface area contributed by atoms with Crippen molar-refractivity contribution in [1.82, 2.24) is 0 Å². The Bertz CT molecular complexity index is 1440. The van der Waals surface area contributed by atoms with Gasteiger partial charge in [0, 0.05) is 23.3 Å². The summed E-state index contributed by atoms with van der Waals surface area (Å²) in [6.45, 7) is 0.555. The Hall–Kier alpha value is -4.98. The Balaban J connectivity index is 1.51. The number of fused-ring (bicyclic) bond motifs is 2. The predicted molar refractivity (Wildman–Crippen MR) is 142 cm³/mol. The maximum Gasteiger partial charge on any atom is 0.132 e. The molecule has 2 unspecified atom stereocenters. The van der Waals surface area contributed by atoms with E-state index in [-0.39, 0.29) is 48.0 Å². The number of hydrogen-bond donors (Lipinski definition) is 4. The summed E-state index contributed by atoms with van der Waals surface area (Å²) in [4.78, 5) is 0. The van der Waals surface area contributed by atoms with Crippen LogP contribution in [0.5, 0.6) is 34.5 Å². The minimum atomic E-state index is -0.275. The van der Waals surface area contributed by atoms with Crippen molar-refractivity contribution in [1.29, 1.82) is 0 Å². The topological polar surface area (TPSA) is 124 Å². The zero-order valence-corrected chi connectivity index (χ0v) is 20.2. The molecule has 0 spiro atoms. The summed E-state index contributed by atoms with van der Waals surface area (Å²) >= 11 is 0. The van der Waals surface area contributed by atoms with Crippen molar-refractivity contribution < 1.29 is 29.9 Å². The molecule has 0 aliphatic carbocycles. The highest BCUT2D eigenvalue weighted by Crippen LogP contribution is 2.38. The molecule has 2 atom stereocenters. The lowest BCUT2D eigenvalue weighted by Crippen LogP contribution is -2.28. The van der Waals surface area contributed by atoms with Crippen LogP contribution in [0.25, 0.3) is 0 Å². The van der Waals surface area contributed by atoms with Crippen LogP contribution in [0.4, 0.5) is 0 Å². The van der Waals surface area contributed by atoms with Gasteiger partial charge in [0.25, 0.3) is 0 Å². The van der Waals surface area contributed by atoms with E-state index in [1.165, 1.54) is 0 Å². The highest BCUT2D eigenvalue weighted by molar-refractivity contribution is 6.11. The normalized spacial score (nSPS) is 20.3. The fraction of sp³-hybridized carbons (Fsp3) is 0.133. The third-order valence-corrected chi connectivity index (χ3v) is 6.81. The molecule has 38 heavy (non-hydrogen) atoms. The maximum atomic E-state index is 10.0. The van der Waals surface area contributed by atoms with E-state index >= 15 is 0 Å². The van der Waals surface area contributed by atoms with Gasteiger partial charge in [0.15, 0.2) is 0 Å². The largest absolute Gasteiger partial charge is 0.508 e. The minimum absolute atomic E-state index is 0.0862. The zero-order chi connectivity index (χ0) is 26.2. The number of nitrogens with zero attached hydrogens (tertiary/aromatic N) is 2. The number of phenolic OH excluding ortho intramolecular Hbond substituents is 4. The first kappa shape index (κ1) is 23.4. The van der Waals surface area contributed by atoms with Gasteiger partial charge in [-0.2, -0.15) is 10.2 Å². The molecule has 190 valence electrons. The van der Waals surface area contributed by atoms with Gasteiger partial charge in [0.2, 0.25) is 0 Å². The summed E-state index contributed by atoms with van der Waals surface area (Å²) in [5.41, 5.74) is 4.51. The molecule has 4 aromatic rings. The van der Waals surface area contributed by atoms with Crippen molar-refractivity contribution in [2.75, 3.05) is 13.2 Å². The summed E-state index contributed by atoms with van der Waals surface area (Å²) < 4.78 is 11.9. The van der Waals surface area contributed by atoms with Crippen LogP contribution < -0.4 is 9.47 Å². The van der Waals surface area contributed by atoms with Crippen molar-refractivity contribution >= 4 is 11.4 Å². The van der Waals surface area contributed by atoms with Gasteiger partial charge < -0.3 is 29.9 Å². The number of rotatable bonds is 3. The summed E-state index contributed by atoms with van der Waals surface area (Å²) in [6, 6.07) is 23.5. The third-order valence-electron chi connectivity index (χ3n) is 6.81. The van der Waals surface area contributed by atoms with E-state index in [1.807, 2.05) is 24.3 Å². The van der Waals surface area contributed by atoms with E-state index in [2.05, 4.69) is 0 Å². The standard InChI is InChI=1S/C30H24N2O6/c33-19-5-1-17(2-6-19)25-15-37-27-13-21(35)9-11-23(27)29(25)31-32-30-24-12-10-22(36)14-28(24)38-16-26(30)18-3-7-20(34)8-4-18/h1-14,25-26,33-36H,15-16H2/b31-29+,32-30+. The molecule has 4 N–H and O–H groups in total. The van der Waals surface area contributed by atoms with Gasteiger partial charge in [-0.25, -0.2) is 0 Å². The summed E-state index contributed by atoms with van der Waals surface area (Å²) in [5.74, 6) is 0.956. The zero-order valence-electron chi connectivity index (χ0n) is 20.2. The monoisotopic (exact) mass is 508 g/mol. The number of hydrogen-bond acceptors (Lipinski definition) is 8. The fourth-order valence-corrected chi connectivity index (χ4v) is 4.84. The lowest BCUT2D eigenvalue weighted by atomic mass is 9.87. The lowest BCUT2D eigenvalue weighted by Gasteiger charge is -2.28. The van der Waals surface area contributed by atoms with Crippen LogP contribution >= 0.6 is 0 Å². The quantitative estimate of drug-likeness (QED) is 0.287. The predicted octanol–water partition coefficient (Wildman–Crippen LogP) is 5.05. The average molecular weight is 509 g/mol. The molecule has 6 rings (SSSR count). The van der Waals surface area contributed by atoms with Crippen molar-refractivity contribution in [2.24, 2.45) is 10.2 Å². The van der Waals surface area contributed by atoms with Crippen LogP contribution in [0.3, 0.4) is 0 Å². The highest BCUT2D eigenvalue weighted by atomic mass is 16.5. The first-order valence-electron chi connectivity index (χ1n) is 12.1. The first-order chi connectivity index (χ1) is 18.5. The van der Waals surface area contributed by atoms with Gasteiger partial charge in [-0.05, 0) is 59.7 Å². The number of phenols is 4. The Kier molecular flexibility index (Phi) is 5.84. The molecule has 0 amide bonds. The van der Waals surface area contributed by atoms with Crippen molar-refractivity contribution in [2.45, 2.75) is 11.8 Å². The highest BCUT2D eigenvalue weighted by Gasteiger charge is 2.31. The van der Waals surface area contributed by atoms with Gasteiger partial charge in [0.1, 0.15) is 47.7 Å². The van der Waals surface area contributed by atoms with Gasteiger partial charge in [0.05, 0.1) is 23.3 Å². The Morgan fingerprint density at radius 3 is 1.26 bits per heavy atom. The fourth-order valence-electron chi connectivity index (χ4n) is 4.84. The molecule has 0 radical (unpaired) electrons. The lowest BCUT2D eigenvalue weighted by molar-refractivity contribution is 0.299. The van der Waals surface area contributed by atoms with E-state index in [0.29, 0.717) is 34.0 Å². The molecule has 2 aliphatic heterocycles. The van der Waals surface area contributed by atoms with Crippen LogP contribution in [0.2, 0.25) is 0 Å². The molecule has 2 aliphatic rings. The molecule has 0 bridgehead atoms. The van der Waals surface area contributed by atoms with Gasteiger partial charge in [-0.1, -0.05) is 24.3 Å². The second-order valence-electron chi connectivity index (χ2n) is 9.24. The van der Waals surface area contributed by atoms with Crippen molar-refractivity contribution in [3.8, 4) is 34.5 Å². The maximum absolute atomic E-state index is 10.0. The average Bonchev–Trinajstić information content (AvgIpc) is 2.92. The summed E-state index contributed by atoms with van der Waals surface area (Å²) in [5, 5.41) is 49.2. The smallest absolute Gasteiger partial charge is 0.132 e. The Morgan fingerprint density at radius 2 is 0.868 bits per heavy atom. The number of ether oxygens (including phenoxy) is 2. The minimum Gasteiger partial charge on any atom is -0.508 e. The molecule has 0 aromatic heterocycles. The second kappa shape index (κ2) is 9.48. The van der Waals surface area contributed by atoms with Gasteiger partial charge >= 0.3 is 0 Å². The Morgan fingerprint density at radius 1 is 0.500 bits per heavy atom.